The van der Waals surface area contributed by atoms with Gasteiger partial charge in [0, 0.05) is 35.0 Å². The van der Waals surface area contributed by atoms with Crippen molar-refractivity contribution in [2.45, 2.75) is 127 Å². The predicted octanol–water partition coefficient (Wildman–Crippen LogP) is 9.13. The number of rotatable bonds is 6. The Morgan fingerprint density at radius 2 is 1.58 bits per heavy atom. The van der Waals surface area contributed by atoms with E-state index >= 15 is 9.59 Å². The van der Waals surface area contributed by atoms with E-state index in [4.69, 9.17) is 14.2 Å². The molecule has 282 valence electrons. The van der Waals surface area contributed by atoms with Crippen LogP contribution in [0.2, 0.25) is 0 Å². The lowest BCUT2D eigenvalue weighted by molar-refractivity contribution is -0.168. The number of piperazine rings is 1. The molecule has 0 aliphatic carbocycles. The van der Waals surface area contributed by atoms with Gasteiger partial charge in [-0.1, -0.05) is 41.6 Å². The lowest BCUT2D eigenvalue weighted by Crippen LogP contribution is -2.75. The highest BCUT2D eigenvalue weighted by atomic mass is 32.2. The molecule has 3 aliphatic rings. The number of aromatic nitrogens is 1. The molecule has 53 heavy (non-hydrogen) atoms. The first-order valence-electron chi connectivity index (χ1n) is 18.2. The molecule has 2 saturated heterocycles. The molecule has 2 atom stereocenters. The second kappa shape index (κ2) is 13.4. The SMILES string of the molecule is CC(C)=CC[C@@]12CCCN1C(=O)[C@](Cc1cn(C(=O)OC(C)(C)C)c3c4c(ccc13)OC(C)(C)C=C4)(Sc1ccccc1)N(C(=O)OC(C)(C)C)C2=O. The van der Waals surface area contributed by atoms with Crippen LogP contribution in [0.1, 0.15) is 99.6 Å². The molecule has 0 unspecified atom stereocenters. The quantitative estimate of drug-likeness (QED) is 0.230. The topological polar surface area (TPSA) is 107 Å². The molecule has 11 heteroatoms. The molecule has 0 saturated carbocycles. The zero-order valence-electron chi connectivity index (χ0n) is 32.5. The first-order valence-corrected chi connectivity index (χ1v) is 19.0. The molecule has 0 spiro atoms. The number of benzene rings is 2. The second-order valence-corrected chi connectivity index (χ2v) is 18.3. The molecule has 2 aromatic carbocycles. The smallest absolute Gasteiger partial charge is 0.419 e. The molecule has 3 amide bonds. The zero-order chi connectivity index (χ0) is 38.7. The molecule has 0 bridgehead atoms. The number of thioether (sulfide) groups is 1. The van der Waals surface area contributed by atoms with Gasteiger partial charge in [0.25, 0.3) is 11.8 Å². The number of carbonyl (C=O) groups is 4. The van der Waals surface area contributed by atoms with E-state index in [-0.39, 0.29) is 18.7 Å². The van der Waals surface area contributed by atoms with Crippen LogP contribution in [0.15, 0.2) is 71.3 Å². The summed E-state index contributed by atoms with van der Waals surface area (Å²) in [6.45, 7) is 18.8. The van der Waals surface area contributed by atoms with Gasteiger partial charge >= 0.3 is 12.2 Å². The summed E-state index contributed by atoms with van der Waals surface area (Å²) in [4.78, 5) is 61.0. The minimum Gasteiger partial charge on any atom is -0.483 e. The van der Waals surface area contributed by atoms with Gasteiger partial charge in [-0.3, -0.25) is 14.2 Å². The molecule has 10 nitrogen and oxygen atoms in total. The van der Waals surface area contributed by atoms with Crippen molar-refractivity contribution >= 4 is 52.7 Å². The van der Waals surface area contributed by atoms with E-state index in [1.807, 2.05) is 88.4 Å². The summed E-state index contributed by atoms with van der Waals surface area (Å²) >= 11 is 1.15. The van der Waals surface area contributed by atoms with E-state index in [1.54, 1.807) is 52.6 Å². The van der Waals surface area contributed by atoms with Gasteiger partial charge in [-0.2, -0.15) is 0 Å². The van der Waals surface area contributed by atoms with E-state index in [0.29, 0.717) is 52.1 Å². The fourth-order valence-corrected chi connectivity index (χ4v) is 8.71. The lowest BCUT2D eigenvalue weighted by atomic mass is 9.84. The largest absolute Gasteiger partial charge is 0.483 e. The molecule has 3 aliphatic heterocycles. The first kappa shape index (κ1) is 38.2. The van der Waals surface area contributed by atoms with E-state index in [1.165, 1.54) is 4.57 Å². The number of hydrogen-bond donors (Lipinski definition) is 0. The van der Waals surface area contributed by atoms with Gasteiger partial charge in [-0.25, -0.2) is 14.5 Å². The number of amides is 3. The Kier molecular flexibility index (Phi) is 9.67. The average molecular weight is 742 g/mol. The fraction of sp³-hybridized carbons (Fsp3) is 0.476. The summed E-state index contributed by atoms with van der Waals surface area (Å²) in [5.74, 6) is -0.248. The van der Waals surface area contributed by atoms with Gasteiger partial charge in [0.15, 0.2) is 4.87 Å². The maximum absolute atomic E-state index is 15.5. The molecular weight excluding hydrogens is 691 g/mol. The lowest BCUT2D eigenvalue weighted by Gasteiger charge is -2.53. The Hall–Kier alpha value is -4.51. The highest BCUT2D eigenvalue weighted by Crippen LogP contribution is 2.51. The first-order chi connectivity index (χ1) is 24.7. The summed E-state index contributed by atoms with van der Waals surface area (Å²) in [6.07, 6.45) is 7.17. The number of carbonyl (C=O) groups excluding carboxylic acids is 4. The van der Waals surface area contributed by atoms with E-state index in [2.05, 4.69) is 0 Å². The van der Waals surface area contributed by atoms with Crippen molar-refractivity contribution in [3.05, 3.63) is 77.5 Å². The Labute approximate surface area is 316 Å². The summed E-state index contributed by atoms with van der Waals surface area (Å²) in [5.41, 5.74) is -0.786. The molecule has 0 radical (unpaired) electrons. The van der Waals surface area contributed by atoms with Crippen LogP contribution in [0.3, 0.4) is 0 Å². The maximum Gasteiger partial charge on any atom is 0.419 e. The summed E-state index contributed by atoms with van der Waals surface area (Å²) in [6, 6.07) is 13.0. The fourth-order valence-electron chi connectivity index (χ4n) is 7.35. The van der Waals surface area contributed by atoms with Crippen molar-refractivity contribution in [3.8, 4) is 5.75 Å². The molecule has 3 aromatic rings. The van der Waals surface area contributed by atoms with Gasteiger partial charge in [-0.05, 0) is 130 Å². The van der Waals surface area contributed by atoms with Crippen molar-refractivity contribution in [2.75, 3.05) is 6.54 Å². The van der Waals surface area contributed by atoms with Gasteiger partial charge < -0.3 is 19.1 Å². The van der Waals surface area contributed by atoms with Crippen LogP contribution >= 0.6 is 11.8 Å². The minimum atomic E-state index is -1.82. The third kappa shape index (κ3) is 7.24. The Balaban J connectivity index is 1.62. The summed E-state index contributed by atoms with van der Waals surface area (Å²) in [7, 11) is 0. The second-order valence-electron chi connectivity index (χ2n) is 17.0. The summed E-state index contributed by atoms with van der Waals surface area (Å²) < 4.78 is 19.6. The summed E-state index contributed by atoms with van der Waals surface area (Å²) in [5, 5.41) is 0.655. The van der Waals surface area contributed by atoms with Crippen LogP contribution < -0.4 is 4.74 Å². The number of imide groups is 1. The Bertz CT molecular complexity index is 2030. The molecule has 0 N–H and O–H groups in total. The van der Waals surface area contributed by atoms with Gasteiger partial charge in [0.05, 0.1) is 5.52 Å². The molecular formula is C42H51N3O7S. The Morgan fingerprint density at radius 3 is 2.23 bits per heavy atom. The average Bonchev–Trinajstić information content (AvgIpc) is 3.64. The molecule has 2 fully saturated rings. The van der Waals surface area contributed by atoms with Crippen LogP contribution in [0.4, 0.5) is 9.59 Å². The van der Waals surface area contributed by atoms with Crippen molar-refractivity contribution in [1.82, 2.24) is 14.4 Å². The number of ether oxygens (including phenoxy) is 3. The van der Waals surface area contributed by atoms with E-state index in [9.17, 15) is 9.59 Å². The van der Waals surface area contributed by atoms with Crippen molar-refractivity contribution in [1.29, 1.82) is 0 Å². The van der Waals surface area contributed by atoms with Crippen molar-refractivity contribution in [3.63, 3.8) is 0 Å². The van der Waals surface area contributed by atoms with Crippen molar-refractivity contribution < 1.29 is 33.4 Å². The van der Waals surface area contributed by atoms with Crippen LogP contribution in [0.25, 0.3) is 17.0 Å². The normalized spacial score (nSPS) is 22.3. The van der Waals surface area contributed by atoms with E-state index in [0.717, 1.165) is 22.2 Å². The third-order valence-electron chi connectivity index (χ3n) is 9.58. The highest BCUT2D eigenvalue weighted by molar-refractivity contribution is 8.01. The van der Waals surface area contributed by atoms with E-state index < -0.39 is 45.3 Å². The van der Waals surface area contributed by atoms with Gasteiger partial charge in [-0.15, -0.1) is 0 Å². The standard InChI is InChI=1S/C42H51N3O7S/c1-27(2)19-23-41-21-14-24-44(41)35(47)42(53-29-15-12-11-13-16-29,45(34(41)46)37(49)52-39(6,7)8)25-28-26-43(36(48)51-38(3,4)5)33-30(28)17-18-32-31(33)20-22-40(9,10)50-32/h11-13,15-20,22,26H,14,21,23-25H2,1-10H3/t41-,42+/m1/s1. The van der Waals surface area contributed by atoms with Crippen molar-refractivity contribution in [2.24, 2.45) is 0 Å². The third-order valence-corrected chi connectivity index (χ3v) is 10.9. The molecule has 6 rings (SSSR count). The van der Waals surface area contributed by atoms with Crippen LogP contribution in [0.5, 0.6) is 5.75 Å². The Morgan fingerprint density at radius 1 is 0.925 bits per heavy atom. The van der Waals surface area contributed by atoms with Crippen LogP contribution in [-0.2, 0) is 25.5 Å². The monoisotopic (exact) mass is 741 g/mol. The van der Waals surface area contributed by atoms with Crippen LogP contribution in [0, 0.1) is 0 Å². The zero-order valence-corrected chi connectivity index (χ0v) is 33.3. The minimum absolute atomic E-state index is 0.118. The van der Waals surface area contributed by atoms with Crippen LogP contribution in [-0.4, -0.2) is 72.1 Å². The highest BCUT2D eigenvalue weighted by Gasteiger charge is 2.67. The number of fused-ring (bicyclic) bond motifs is 4. The molecule has 4 heterocycles. The predicted molar refractivity (Wildman–Crippen MR) is 207 cm³/mol. The van der Waals surface area contributed by atoms with Gasteiger partial charge in [0.1, 0.15) is 28.1 Å². The number of hydrogen-bond acceptors (Lipinski definition) is 8. The maximum atomic E-state index is 15.5. The van der Waals surface area contributed by atoms with Gasteiger partial charge in [0.2, 0.25) is 0 Å². The number of nitrogens with zero attached hydrogens (tertiary/aromatic N) is 3. The molecule has 1 aromatic heterocycles. The number of allylic oxidation sites excluding steroid dienone is 1.